The van der Waals surface area contributed by atoms with E-state index in [2.05, 4.69) is 0 Å². The molecule has 1 aromatic rings. The second kappa shape index (κ2) is 6.07. The summed E-state index contributed by atoms with van der Waals surface area (Å²) in [6.45, 7) is 5.59. The van der Waals surface area contributed by atoms with Crippen LogP contribution in [-0.4, -0.2) is 29.5 Å². The molecule has 0 aromatic heterocycles. The number of rotatable bonds is 6. The SMILES string of the molecule is COc1cc([C@H](C)O)ccc1OCCC(C)(C)O. The van der Waals surface area contributed by atoms with Crippen molar-refractivity contribution in [3.05, 3.63) is 23.8 Å². The maximum absolute atomic E-state index is 9.59. The van der Waals surface area contributed by atoms with Gasteiger partial charge in [-0.3, -0.25) is 0 Å². The van der Waals surface area contributed by atoms with Crippen LogP contribution in [0.1, 0.15) is 38.9 Å². The number of ether oxygens (including phenoxy) is 2. The molecule has 0 aliphatic heterocycles. The van der Waals surface area contributed by atoms with Gasteiger partial charge in [0, 0.05) is 6.42 Å². The summed E-state index contributed by atoms with van der Waals surface area (Å²) in [5, 5.41) is 19.1. The highest BCUT2D eigenvalue weighted by molar-refractivity contribution is 5.43. The van der Waals surface area contributed by atoms with Crippen molar-refractivity contribution in [2.45, 2.75) is 38.9 Å². The molecule has 1 atom stereocenters. The quantitative estimate of drug-likeness (QED) is 0.817. The summed E-state index contributed by atoms with van der Waals surface area (Å²) in [6.07, 6.45) is -0.00164. The maximum Gasteiger partial charge on any atom is 0.161 e. The third-order valence-electron chi connectivity index (χ3n) is 2.64. The molecule has 0 bridgehead atoms. The normalized spacial score (nSPS) is 13.2. The number of hydrogen-bond acceptors (Lipinski definition) is 4. The maximum atomic E-state index is 9.59. The molecule has 0 heterocycles. The molecule has 18 heavy (non-hydrogen) atoms. The first kappa shape index (κ1) is 14.8. The molecular weight excluding hydrogens is 232 g/mol. The van der Waals surface area contributed by atoms with Crippen LogP contribution in [0, 0.1) is 0 Å². The largest absolute Gasteiger partial charge is 0.493 e. The molecule has 4 nitrogen and oxygen atoms in total. The van der Waals surface area contributed by atoms with Gasteiger partial charge in [-0.1, -0.05) is 6.07 Å². The molecule has 4 heteroatoms. The van der Waals surface area contributed by atoms with Crippen molar-refractivity contribution in [3.8, 4) is 11.5 Å². The van der Waals surface area contributed by atoms with E-state index in [1.807, 2.05) is 0 Å². The number of hydrogen-bond donors (Lipinski definition) is 2. The number of aliphatic hydroxyl groups is 2. The fourth-order valence-electron chi connectivity index (χ4n) is 1.47. The molecule has 0 saturated carbocycles. The van der Waals surface area contributed by atoms with Crippen LogP contribution in [-0.2, 0) is 0 Å². The molecule has 0 spiro atoms. The van der Waals surface area contributed by atoms with Crippen molar-refractivity contribution >= 4 is 0 Å². The van der Waals surface area contributed by atoms with Gasteiger partial charge in [0.1, 0.15) is 0 Å². The molecule has 0 radical (unpaired) electrons. The standard InChI is InChI=1S/C14H22O4/c1-10(15)11-5-6-12(13(9-11)17-4)18-8-7-14(2,3)16/h5-6,9-10,15-16H,7-8H2,1-4H3/t10-/m0/s1. The number of methoxy groups -OCH3 is 1. The van der Waals surface area contributed by atoms with Crippen molar-refractivity contribution < 1.29 is 19.7 Å². The zero-order valence-electron chi connectivity index (χ0n) is 11.4. The van der Waals surface area contributed by atoms with Gasteiger partial charge in [0.05, 0.1) is 25.4 Å². The van der Waals surface area contributed by atoms with Crippen molar-refractivity contribution in [1.82, 2.24) is 0 Å². The van der Waals surface area contributed by atoms with Crippen LogP contribution in [0.5, 0.6) is 11.5 Å². The van der Waals surface area contributed by atoms with Gasteiger partial charge in [0.2, 0.25) is 0 Å². The van der Waals surface area contributed by atoms with Gasteiger partial charge in [0.15, 0.2) is 11.5 Å². The smallest absolute Gasteiger partial charge is 0.161 e. The topological polar surface area (TPSA) is 58.9 Å². The lowest BCUT2D eigenvalue weighted by Gasteiger charge is -2.18. The summed E-state index contributed by atoms with van der Waals surface area (Å²) < 4.78 is 10.8. The highest BCUT2D eigenvalue weighted by Crippen LogP contribution is 2.30. The third kappa shape index (κ3) is 4.55. The molecule has 0 aliphatic rings. The Morgan fingerprint density at radius 3 is 2.44 bits per heavy atom. The first-order valence-electron chi connectivity index (χ1n) is 6.04. The minimum Gasteiger partial charge on any atom is -0.493 e. The molecule has 0 amide bonds. The summed E-state index contributed by atoms with van der Waals surface area (Å²) in [4.78, 5) is 0. The van der Waals surface area contributed by atoms with Crippen LogP contribution in [0.4, 0.5) is 0 Å². The molecule has 0 unspecified atom stereocenters. The van der Waals surface area contributed by atoms with Gasteiger partial charge in [0.25, 0.3) is 0 Å². The lowest BCUT2D eigenvalue weighted by molar-refractivity contribution is 0.0549. The molecule has 102 valence electrons. The summed E-state index contributed by atoms with van der Waals surface area (Å²) in [7, 11) is 1.56. The molecule has 2 N–H and O–H groups in total. The second-order valence-electron chi connectivity index (χ2n) is 5.00. The minimum atomic E-state index is -0.743. The van der Waals surface area contributed by atoms with Gasteiger partial charge in [-0.15, -0.1) is 0 Å². The van der Waals surface area contributed by atoms with E-state index in [9.17, 15) is 10.2 Å². The molecule has 0 fully saturated rings. The van der Waals surface area contributed by atoms with Gasteiger partial charge in [-0.2, -0.15) is 0 Å². The highest BCUT2D eigenvalue weighted by Gasteiger charge is 2.14. The molecule has 1 aromatic carbocycles. The fourth-order valence-corrected chi connectivity index (χ4v) is 1.47. The average molecular weight is 254 g/mol. The van der Waals surface area contributed by atoms with E-state index in [4.69, 9.17) is 9.47 Å². The Balaban J connectivity index is 2.71. The average Bonchev–Trinajstić information content (AvgIpc) is 2.27. The van der Waals surface area contributed by atoms with Gasteiger partial charge in [-0.05, 0) is 38.5 Å². The molecular formula is C14H22O4. The zero-order chi connectivity index (χ0) is 13.8. The summed E-state index contributed by atoms with van der Waals surface area (Å²) in [6, 6.07) is 5.32. The van der Waals surface area contributed by atoms with E-state index >= 15 is 0 Å². The van der Waals surface area contributed by atoms with Gasteiger partial charge in [-0.25, -0.2) is 0 Å². The van der Waals surface area contributed by atoms with Crippen LogP contribution in [0.3, 0.4) is 0 Å². The van der Waals surface area contributed by atoms with Crippen LogP contribution < -0.4 is 9.47 Å². The minimum absolute atomic E-state index is 0.411. The summed E-state index contributed by atoms with van der Waals surface area (Å²) >= 11 is 0. The van der Waals surface area contributed by atoms with Crippen molar-refractivity contribution in [1.29, 1.82) is 0 Å². The number of aliphatic hydroxyl groups excluding tert-OH is 1. The van der Waals surface area contributed by atoms with Crippen molar-refractivity contribution in [3.63, 3.8) is 0 Å². The Labute approximate surface area is 108 Å². The zero-order valence-corrected chi connectivity index (χ0v) is 11.4. The van der Waals surface area contributed by atoms with Crippen molar-refractivity contribution in [2.75, 3.05) is 13.7 Å². The first-order valence-corrected chi connectivity index (χ1v) is 6.04. The molecule has 0 saturated heterocycles. The third-order valence-corrected chi connectivity index (χ3v) is 2.64. The van der Waals surface area contributed by atoms with Crippen LogP contribution in [0.15, 0.2) is 18.2 Å². The Morgan fingerprint density at radius 1 is 1.28 bits per heavy atom. The van der Waals surface area contributed by atoms with Gasteiger partial charge < -0.3 is 19.7 Å². The van der Waals surface area contributed by atoms with E-state index in [0.717, 1.165) is 5.56 Å². The van der Waals surface area contributed by atoms with Crippen LogP contribution in [0.2, 0.25) is 0 Å². The predicted octanol–water partition coefficient (Wildman–Crippen LogP) is 2.29. The van der Waals surface area contributed by atoms with Crippen molar-refractivity contribution in [2.24, 2.45) is 0 Å². The van der Waals surface area contributed by atoms with Gasteiger partial charge >= 0.3 is 0 Å². The first-order chi connectivity index (χ1) is 8.33. The van der Waals surface area contributed by atoms with Crippen LogP contribution >= 0.6 is 0 Å². The Kier molecular flexibility index (Phi) is 4.99. The fraction of sp³-hybridized carbons (Fsp3) is 0.571. The van der Waals surface area contributed by atoms with E-state index in [1.54, 1.807) is 46.1 Å². The summed E-state index contributed by atoms with van der Waals surface area (Å²) in [5.41, 5.74) is 0.0361. The van der Waals surface area contributed by atoms with E-state index < -0.39 is 11.7 Å². The molecule has 0 aliphatic carbocycles. The highest BCUT2D eigenvalue weighted by atomic mass is 16.5. The Bertz CT molecular complexity index is 380. The molecule has 1 rings (SSSR count). The van der Waals surface area contributed by atoms with E-state index in [0.29, 0.717) is 24.5 Å². The lowest BCUT2D eigenvalue weighted by Crippen LogP contribution is -2.21. The second-order valence-corrected chi connectivity index (χ2v) is 5.00. The van der Waals surface area contributed by atoms with E-state index in [1.165, 1.54) is 0 Å². The predicted molar refractivity (Wildman–Crippen MR) is 70.0 cm³/mol. The number of benzene rings is 1. The van der Waals surface area contributed by atoms with Crippen LogP contribution in [0.25, 0.3) is 0 Å². The Morgan fingerprint density at radius 2 is 1.94 bits per heavy atom. The monoisotopic (exact) mass is 254 g/mol. The van der Waals surface area contributed by atoms with E-state index in [-0.39, 0.29) is 0 Å². The lowest BCUT2D eigenvalue weighted by atomic mass is 10.1. The summed E-state index contributed by atoms with van der Waals surface area (Å²) in [5.74, 6) is 1.20. The Hall–Kier alpha value is -1.26.